The molecule has 0 aliphatic rings. The first-order chi connectivity index (χ1) is 9.99. The summed E-state index contributed by atoms with van der Waals surface area (Å²) in [5.74, 6) is -3.24. The van der Waals surface area contributed by atoms with Gasteiger partial charge in [-0.2, -0.15) is 0 Å². The minimum atomic E-state index is -1.25. The van der Waals surface area contributed by atoms with E-state index in [1.165, 1.54) is 12.3 Å². The molecular formula is C16H10F3NO. The van der Waals surface area contributed by atoms with E-state index in [1.54, 1.807) is 19.1 Å². The molecular weight excluding hydrogens is 279 g/mol. The molecule has 106 valence electrons. The second kappa shape index (κ2) is 4.77. The number of hydrogen-bond donors (Lipinski definition) is 1. The van der Waals surface area contributed by atoms with Gasteiger partial charge in [0.25, 0.3) is 0 Å². The molecule has 0 aliphatic carbocycles. The molecule has 1 N–H and O–H groups in total. The van der Waals surface area contributed by atoms with Crippen LogP contribution in [0.5, 0.6) is 5.75 Å². The van der Waals surface area contributed by atoms with Crippen molar-refractivity contribution in [2.24, 2.45) is 0 Å². The Morgan fingerprint density at radius 2 is 1.81 bits per heavy atom. The van der Waals surface area contributed by atoms with Gasteiger partial charge in [0.05, 0.1) is 11.7 Å². The van der Waals surface area contributed by atoms with Crippen LogP contribution in [0.2, 0.25) is 0 Å². The molecule has 3 aromatic rings. The van der Waals surface area contributed by atoms with Crippen LogP contribution in [0.25, 0.3) is 22.0 Å². The Bertz CT molecular complexity index is 862. The minimum absolute atomic E-state index is 0.00513. The summed E-state index contributed by atoms with van der Waals surface area (Å²) in [6, 6.07) is 6.27. The van der Waals surface area contributed by atoms with Crippen molar-refractivity contribution in [3.63, 3.8) is 0 Å². The van der Waals surface area contributed by atoms with Crippen LogP contribution in [0.3, 0.4) is 0 Å². The van der Waals surface area contributed by atoms with Crippen molar-refractivity contribution in [3.8, 4) is 16.9 Å². The van der Waals surface area contributed by atoms with Crippen molar-refractivity contribution in [3.05, 3.63) is 59.5 Å². The third kappa shape index (κ3) is 2.11. The predicted molar refractivity (Wildman–Crippen MR) is 73.5 cm³/mol. The molecule has 1 aromatic heterocycles. The highest BCUT2D eigenvalue weighted by atomic mass is 19.2. The van der Waals surface area contributed by atoms with Gasteiger partial charge in [0.2, 0.25) is 0 Å². The van der Waals surface area contributed by atoms with Crippen LogP contribution in [0.1, 0.15) is 5.56 Å². The Kier molecular flexibility index (Phi) is 3.05. The fourth-order valence-electron chi connectivity index (χ4n) is 2.32. The SMILES string of the molecule is Cc1c(O)cnc2c(-c3cc(F)cc(F)c3F)cccc12. The van der Waals surface area contributed by atoms with Gasteiger partial charge in [0.1, 0.15) is 11.6 Å². The molecule has 5 heteroatoms. The minimum Gasteiger partial charge on any atom is -0.506 e. The Balaban J connectivity index is 2.39. The van der Waals surface area contributed by atoms with Crippen LogP contribution in [-0.4, -0.2) is 10.1 Å². The number of halogens is 3. The molecule has 2 nitrogen and oxygen atoms in total. The molecule has 3 rings (SSSR count). The third-order valence-corrected chi connectivity index (χ3v) is 3.42. The molecule has 0 saturated heterocycles. The standard InChI is InChI=1S/C16H10F3NO/c1-8-10-3-2-4-11(16(10)20-7-14(8)21)12-5-9(17)6-13(18)15(12)19/h2-7,21H,1H3. The van der Waals surface area contributed by atoms with Gasteiger partial charge < -0.3 is 5.11 Å². The lowest BCUT2D eigenvalue weighted by molar-refractivity contribution is 0.470. The zero-order chi connectivity index (χ0) is 15.1. The number of aromatic nitrogens is 1. The van der Waals surface area contributed by atoms with Crippen LogP contribution in [0.15, 0.2) is 36.5 Å². The molecule has 0 fully saturated rings. The van der Waals surface area contributed by atoms with Gasteiger partial charge in [-0.15, -0.1) is 0 Å². The summed E-state index contributed by atoms with van der Waals surface area (Å²) in [7, 11) is 0. The molecule has 0 aliphatic heterocycles. The van der Waals surface area contributed by atoms with Gasteiger partial charge in [-0.25, -0.2) is 13.2 Å². The van der Waals surface area contributed by atoms with Crippen molar-refractivity contribution in [1.82, 2.24) is 4.98 Å². The Labute approximate surface area is 118 Å². The summed E-state index contributed by atoms with van der Waals surface area (Å²) >= 11 is 0. The number of pyridine rings is 1. The largest absolute Gasteiger partial charge is 0.506 e. The van der Waals surface area contributed by atoms with Crippen molar-refractivity contribution in [1.29, 1.82) is 0 Å². The molecule has 0 amide bonds. The van der Waals surface area contributed by atoms with E-state index in [2.05, 4.69) is 4.98 Å². The summed E-state index contributed by atoms with van der Waals surface area (Å²) < 4.78 is 40.7. The number of rotatable bonds is 1. The molecule has 0 radical (unpaired) electrons. The number of aromatic hydroxyl groups is 1. The highest BCUT2D eigenvalue weighted by Crippen LogP contribution is 2.34. The van der Waals surface area contributed by atoms with Crippen LogP contribution in [0.4, 0.5) is 13.2 Å². The number of aryl methyl sites for hydroxylation is 1. The quantitative estimate of drug-likeness (QED) is 0.676. The average Bonchev–Trinajstić information content (AvgIpc) is 2.46. The fraction of sp³-hybridized carbons (Fsp3) is 0.0625. The predicted octanol–water partition coefficient (Wildman–Crippen LogP) is 4.33. The lowest BCUT2D eigenvalue weighted by atomic mass is 9.99. The smallest absolute Gasteiger partial charge is 0.166 e. The second-order valence-corrected chi connectivity index (χ2v) is 4.72. The monoisotopic (exact) mass is 289 g/mol. The molecule has 0 spiro atoms. The summed E-state index contributed by atoms with van der Waals surface area (Å²) in [6.45, 7) is 1.69. The first-order valence-corrected chi connectivity index (χ1v) is 6.21. The maximum atomic E-state index is 14.0. The average molecular weight is 289 g/mol. The van der Waals surface area contributed by atoms with Gasteiger partial charge in [-0.05, 0) is 13.0 Å². The first-order valence-electron chi connectivity index (χ1n) is 6.21. The highest BCUT2D eigenvalue weighted by Gasteiger charge is 2.16. The van der Waals surface area contributed by atoms with Gasteiger partial charge in [0.15, 0.2) is 11.6 Å². The van der Waals surface area contributed by atoms with Gasteiger partial charge >= 0.3 is 0 Å². The topological polar surface area (TPSA) is 33.1 Å². The first kappa shape index (κ1) is 13.4. The van der Waals surface area contributed by atoms with Crippen LogP contribution in [-0.2, 0) is 0 Å². The molecule has 1 heterocycles. The maximum absolute atomic E-state index is 14.0. The zero-order valence-electron chi connectivity index (χ0n) is 11.0. The number of para-hydroxylation sites is 1. The van der Waals surface area contributed by atoms with E-state index in [4.69, 9.17) is 0 Å². The lowest BCUT2D eigenvalue weighted by Crippen LogP contribution is -1.94. The van der Waals surface area contributed by atoms with E-state index in [0.29, 0.717) is 22.5 Å². The van der Waals surface area contributed by atoms with E-state index in [-0.39, 0.29) is 16.9 Å². The van der Waals surface area contributed by atoms with Crippen LogP contribution >= 0.6 is 0 Å². The summed E-state index contributed by atoms with van der Waals surface area (Å²) in [5.41, 5.74) is 1.01. The van der Waals surface area contributed by atoms with E-state index >= 15 is 0 Å². The molecule has 0 saturated carbocycles. The van der Waals surface area contributed by atoms with Crippen molar-refractivity contribution in [2.45, 2.75) is 6.92 Å². The van der Waals surface area contributed by atoms with E-state index in [0.717, 1.165) is 6.07 Å². The summed E-state index contributed by atoms with van der Waals surface area (Å²) in [5, 5.41) is 10.3. The summed E-state index contributed by atoms with van der Waals surface area (Å²) in [6.07, 6.45) is 1.23. The van der Waals surface area contributed by atoms with Crippen LogP contribution < -0.4 is 0 Å². The molecule has 2 aromatic carbocycles. The van der Waals surface area contributed by atoms with Gasteiger partial charge in [0, 0.05) is 28.1 Å². The number of fused-ring (bicyclic) bond motifs is 1. The lowest BCUT2D eigenvalue weighted by Gasteiger charge is -2.10. The van der Waals surface area contributed by atoms with E-state index in [1.807, 2.05) is 0 Å². The summed E-state index contributed by atoms with van der Waals surface area (Å²) in [4.78, 5) is 4.06. The van der Waals surface area contributed by atoms with E-state index < -0.39 is 17.5 Å². The number of hydrogen-bond acceptors (Lipinski definition) is 2. The van der Waals surface area contributed by atoms with Crippen molar-refractivity contribution >= 4 is 10.9 Å². The normalized spacial score (nSPS) is 11.0. The Morgan fingerprint density at radius 3 is 2.57 bits per heavy atom. The van der Waals surface area contributed by atoms with Gasteiger partial charge in [-0.3, -0.25) is 4.98 Å². The fourth-order valence-corrected chi connectivity index (χ4v) is 2.32. The zero-order valence-corrected chi connectivity index (χ0v) is 11.0. The molecule has 21 heavy (non-hydrogen) atoms. The maximum Gasteiger partial charge on any atom is 0.166 e. The Morgan fingerprint density at radius 1 is 1.05 bits per heavy atom. The number of benzene rings is 2. The van der Waals surface area contributed by atoms with Crippen LogP contribution in [0, 0.1) is 24.4 Å². The molecule has 0 unspecified atom stereocenters. The molecule has 0 bridgehead atoms. The highest BCUT2D eigenvalue weighted by molar-refractivity contribution is 5.96. The van der Waals surface area contributed by atoms with Gasteiger partial charge in [-0.1, -0.05) is 18.2 Å². The number of nitrogens with zero attached hydrogens (tertiary/aromatic N) is 1. The van der Waals surface area contributed by atoms with Crippen molar-refractivity contribution in [2.75, 3.05) is 0 Å². The third-order valence-electron chi connectivity index (χ3n) is 3.42. The Hall–Kier alpha value is -2.56. The van der Waals surface area contributed by atoms with E-state index in [9.17, 15) is 18.3 Å². The van der Waals surface area contributed by atoms with Crippen molar-refractivity contribution < 1.29 is 18.3 Å². The second-order valence-electron chi connectivity index (χ2n) is 4.72. The molecule has 0 atom stereocenters.